The summed E-state index contributed by atoms with van der Waals surface area (Å²) in [5, 5.41) is 4.03. The van der Waals surface area contributed by atoms with Gasteiger partial charge in [-0.3, -0.25) is 0 Å². The summed E-state index contributed by atoms with van der Waals surface area (Å²) >= 11 is 0. The number of methoxy groups -OCH3 is 1. The van der Waals surface area contributed by atoms with E-state index in [1.54, 1.807) is 20.1 Å². The van der Waals surface area contributed by atoms with Crippen molar-refractivity contribution in [2.24, 2.45) is 0 Å². The second-order valence-corrected chi connectivity index (χ2v) is 8.85. The van der Waals surface area contributed by atoms with Gasteiger partial charge in [-0.15, -0.1) is 0 Å². The van der Waals surface area contributed by atoms with Gasteiger partial charge in [0.2, 0.25) is 21.7 Å². The molecular weight excluding hydrogens is 378 g/mol. The first-order chi connectivity index (χ1) is 13.4. The van der Waals surface area contributed by atoms with Crippen LogP contribution in [0.15, 0.2) is 51.9 Å². The van der Waals surface area contributed by atoms with Gasteiger partial charge < -0.3 is 9.26 Å². The van der Waals surface area contributed by atoms with Crippen LogP contribution in [0.5, 0.6) is 5.75 Å². The Bertz CT molecular complexity index is 1120. The molecule has 0 spiro atoms. The lowest BCUT2D eigenvalue weighted by Gasteiger charge is -2.36. The average Bonchev–Trinajstić information content (AvgIpc) is 3.11. The molecule has 1 aliphatic heterocycles. The number of ether oxygens (including phenoxy) is 1. The molecular formula is C20H21N3O4S. The largest absolute Gasteiger partial charge is 0.496 e. The molecule has 0 amide bonds. The van der Waals surface area contributed by atoms with Crippen molar-refractivity contribution in [1.82, 2.24) is 14.4 Å². The standard InChI is InChI=1S/C20H21N3O4S/c1-13-8-9-14(2)18(10-13)28(24,25)23-11-15(12-23)20-21-19(22-27-20)16-6-4-5-7-17(16)26-3/h4-10,15H,11-12H2,1-3H3. The number of para-hydroxylation sites is 1. The van der Waals surface area contributed by atoms with Gasteiger partial charge in [-0.25, -0.2) is 8.42 Å². The number of hydrogen-bond acceptors (Lipinski definition) is 6. The first-order valence-corrected chi connectivity index (χ1v) is 10.4. The summed E-state index contributed by atoms with van der Waals surface area (Å²) in [5.74, 6) is 1.41. The Kier molecular flexibility index (Phi) is 4.68. The monoisotopic (exact) mass is 399 g/mol. The van der Waals surface area contributed by atoms with Crippen LogP contribution in [0.1, 0.15) is 22.9 Å². The Morgan fingerprint density at radius 2 is 1.89 bits per heavy atom. The zero-order valence-electron chi connectivity index (χ0n) is 15.9. The van der Waals surface area contributed by atoms with Crippen LogP contribution in [0.2, 0.25) is 0 Å². The van der Waals surface area contributed by atoms with Crippen LogP contribution in [0.25, 0.3) is 11.4 Å². The lowest BCUT2D eigenvalue weighted by Crippen LogP contribution is -2.48. The van der Waals surface area contributed by atoms with Gasteiger partial charge in [-0.05, 0) is 43.2 Å². The van der Waals surface area contributed by atoms with E-state index >= 15 is 0 Å². The molecule has 146 valence electrons. The van der Waals surface area contributed by atoms with Crippen LogP contribution >= 0.6 is 0 Å². The molecule has 7 nitrogen and oxygen atoms in total. The van der Waals surface area contributed by atoms with Crippen molar-refractivity contribution in [3.05, 3.63) is 59.5 Å². The van der Waals surface area contributed by atoms with Crippen LogP contribution in [0, 0.1) is 13.8 Å². The molecule has 1 aromatic heterocycles. The first kappa shape index (κ1) is 18.6. The Hall–Kier alpha value is -2.71. The molecule has 0 atom stereocenters. The maximum atomic E-state index is 12.9. The number of benzene rings is 2. The second-order valence-electron chi connectivity index (χ2n) is 6.94. The molecule has 0 N–H and O–H groups in total. The molecule has 0 saturated carbocycles. The minimum absolute atomic E-state index is 0.115. The van der Waals surface area contributed by atoms with Gasteiger partial charge >= 0.3 is 0 Å². The quantitative estimate of drug-likeness (QED) is 0.655. The van der Waals surface area contributed by atoms with Crippen LogP contribution in [-0.4, -0.2) is 43.1 Å². The van der Waals surface area contributed by atoms with Gasteiger partial charge in [0.15, 0.2) is 0 Å². The summed E-state index contributed by atoms with van der Waals surface area (Å²) in [6, 6.07) is 12.9. The Morgan fingerprint density at radius 3 is 2.64 bits per heavy atom. The minimum Gasteiger partial charge on any atom is -0.496 e. The van der Waals surface area contributed by atoms with E-state index in [0.29, 0.717) is 35.4 Å². The van der Waals surface area contributed by atoms with Gasteiger partial charge in [0.1, 0.15) is 5.75 Å². The molecule has 0 unspecified atom stereocenters. The highest BCUT2D eigenvalue weighted by Crippen LogP contribution is 2.34. The number of aromatic nitrogens is 2. The van der Waals surface area contributed by atoms with E-state index in [9.17, 15) is 8.42 Å². The zero-order valence-corrected chi connectivity index (χ0v) is 16.7. The van der Waals surface area contributed by atoms with Crippen molar-refractivity contribution < 1.29 is 17.7 Å². The highest BCUT2D eigenvalue weighted by atomic mass is 32.2. The minimum atomic E-state index is -3.53. The van der Waals surface area contributed by atoms with Crippen LogP contribution in [0.3, 0.4) is 0 Å². The number of hydrogen-bond donors (Lipinski definition) is 0. The summed E-state index contributed by atoms with van der Waals surface area (Å²) < 4.78 is 38.0. The zero-order chi connectivity index (χ0) is 19.9. The van der Waals surface area contributed by atoms with E-state index in [1.807, 2.05) is 43.3 Å². The number of aryl methyl sites for hydroxylation is 2. The molecule has 8 heteroatoms. The SMILES string of the molecule is COc1ccccc1-c1noc(C2CN(S(=O)(=O)c3cc(C)ccc3C)C2)n1. The van der Waals surface area contributed by atoms with Crippen molar-refractivity contribution in [1.29, 1.82) is 0 Å². The molecule has 2 aromatic carbocycles. The van der Waals surface area contributed by atoms with E-state index in [4.69, 9.17) is 9.26 Å². The fraction of sp³-hybridized carbons (Fsp3) is 0.300. The number of rotatable bonds is 5. The van der Waals surface area contributed by atoms with Crippen LogP contribution in [-0.2, 0) is 10.0 Å². The molecule has 1 fully saturated rings. The molecule has 1 aliphatic rings. The predicted octanol–water partition coefficient (Wildman–Crippen LogP) is 3.15. The number of sulfonamides is 1. The topological polar surface area (TPSA) is 85.5 Å². The lowest BCUT2D eigenvalue weighted by molar-refractivity contribution is 0.216. The summed E-state index contributed by atoms with van der Waals surface area (Å²) in [6.07, 6.45) is 0. The van der Waals surface area contributed by atoms with E-state index in [1.165, 1.54) is 4.31 Å². The fourth-order valence-electron chi connectivity index (χ4n) is 3.25. The Balaban J connectivity index is 1.52. The number of nitrogens with zero attached hydrogens (tertiary/aromatic N) is 3. The molecule has 28 heavy (non-hydrogen) atoms. The predicted molar refractivity (Wildman–Crippen MR) is 104 cm³/mol. The third kappa shape index (κ3) is 3.18. The summed E-state index contributed by atoms with van der Waals surface area (Å²) in [4.78, 5) is 4.81. The van der Waals surface area contributed by atoms with Crippen molar-refractivity contribution in [3.63, 3.8) is 0 Å². The van der Waals surface area contributed by atoms with Crippen molar-refractivity contribution >= 4 is 10.0 Å². The third-order valence-corrected chi connectivity index (χ3v) is 6.92. The molecule has 1 saturated heterocycles. The third-order valence-electron chi connectivity index (χ3n) is 4.95. The highest BCUT2D eigenvalue weighted by molar-refractivity contribution is 7.89. The smallest absolute Gasteiger partial charge is 0.243 e. The molecule has 0 aliphatic carbocycles. The average molecular weight is 399 g/mol. The molecule has 3 aromatic rings. The van der Waals surface area contributed by atoms with Gasteiger partial charge in [-0.2, -0.15) is 9.29 Å². The van der Waals surface area contributed by atoms with Gasteiger partial charge in [0.05, 0.1) is 23.5 Å². The van der Waals surface area contributed by atoms with E-state index in [0.717, 1.165) is 16.7 Å². The molecule has 0 radical (unpaired) electrons. The maximum absolute atomic E-state index is 12.9. The van der Waals surface area contributed by atoms with Crippen LogP contribution < -0.4 is 4.74 Å². The van der Waals surface area contributed by atoms with E-state index in [-0.39, 0.29) is 5.92 Å². The molecule has 4 rings (SSSR count). The van der Waals surface area contributed by atoms with Gasteiger partial charge in [0.25, 0.3) is 0 Å². The summed E-state index contributed by atoms with van der Waals surface area (Å²) in [7, 11) is -1.94. The second kappa shape index (κ2) is 7.03. The van der Waals surface area contributed by atoms with Gasteiger partial charge in [-0.1, -0.05) is 29.4 Å². The van der Waals surface area contributed by atoms with Crippen molar-refractivity contribution in [2.45, 2.75) is 24.7 Å². The normalized spacial score (nSPS) is 15.4. The maximum Gasteiger partial charge on any atom is 0.243 e. The highest BCUT2D eigenvalue weighted by Gasteiger charge is 2.41. The summed E-state index contributed by atoms with van der Waals surface area (Å²) in [5.41, 5.74) is 2.39. The van der Waals surface area contributed by atoms with E-state index < -0.39 is 10.0 Å². The van der Waals surface area contributed by atoms with Gasteiger partial charge in [0, 0.05) is 13.1 Å². The summed E-state index contributed by atoms with van der Waals surface area (Å²) in [6.45, 7) is 4.34. The molecule has 2 heterocycles. The van der Waals surface area contributed by atoms with Crippen molar-refractivity contribution in [3.8, 4) is 17.1 Å². The first-order valence-electron chi connectivity index (χ1n) is 8.94. The lowest BCUT2D eigenvalue weighted by atomic mass is 10.0. The molecule has 0 bridgehead atoms. The Morgan fingerprint density at radius 1 is 1.14 bits per heavy atom. The Labute approximate surface area is 164 Å². The fourth-order valence-corrected chi connectivity index (χ4v) is 5.09. The van der Waals surface area contributed by atoms with E-state index in [2.05, 4.69) is 10.1 Å². The van der Waals surface area contributed by atoms with Crippen molar-refractivity contribution in [2.75, 3.05) is 20.2 Å². The van der Waals surface area contributed by atoms with Crippen LogP contribution in [0.4, 0.5) is 0 Å².